The molecular weight excluding hydrogens is 216 g/mol. The predicted molar refractivity (Wildman–Crippen MR) is 68.6 cm³/mol. The average molecular weight is 236 g/mol. The van der Waals surface area contributed by atoms with Crippen molar-refractivity contribution in [3.8, 4) is 0 Å². The molecule has 0 saturated carbocycles. The molecule has 0 saturated heterocycles. The van der Waals surface area contributed by atoms with Crippen molar-refractivity contribution in [1.29, 1.82) is 0 Å². The highest BCUT2D eigenvalue weighted by Crippen LogP contribution is 2.24. The largest absolute Gasteiger partial charge is 0.399 e. The van der Waals surface area contributed by atoms with Crippen LogP contribution in [-0.4, -0.2) is 23.7 Å². The number of carbonyl (C=O) groups excluding carboxylic acids is 1. The van der Waals surface area contributed by atoms with Gasteiger partial charge in [0.15, 0.2) is 0 Å². The highest BCUT2D eigenvalue weighted by molar-refractivity contribution is 5.87. The number of nitrogen functional groups attached to an aromatic ring is 1. The highest BCUT2D eigenvalue weighted by atomic mass is 16.3. The van der Waals surface area contributed by atoms with E-state index in [0.717, 1.165) is 5.56 Å². The van der Waals surface area contributed by atoms with Crippen molar-refractivity contribution >= 4 is 11.6 Å². The summed E-state index contributed by atoms with van der Waals surface area (Å²) in [5.41, 5.74) is 6.55. The number of aliphatic hydroxyl groups is 1. The van der Waals surface area contributed by atoms with Gasteiger partial charge in [0.1, 0.15) is 0 Å². The minimum Gasteiger partial charge on any atom is -0.399 e. The van der Waals surface area contributed by atoms with E-state index in [4.69, 9.17) is 10.8 Å². The Morgan fingerprint density at radius 2 is 1.94 bits per heavy atom. The number of rotatable bonds is 4. The Morgan fingerprint density at radius 3 is 2.41 bits per heavy atom. The van der Waals surface area contributed by atoms with Crippen LogP contribution in [0.4, 0.5) is 5.69 Å². The number of benzene rings is 1. The number of hydrogen-bond donors (Lipinski definition) is 3. The molecule has 0 fully saturated rings. The summed E-state index contributed by atoms with van der Waals surface area (Å²) in [6.45, 7) is 5.39. The molecule has 94 valence electrons. The van der Waals surface area contributed by atoms with Crippen molar-refractivity contribution in [3.63, 3.8) is 0 Å². The van der Waals surface area contributed by atoms with Gasteiger partial charge in [0.05, 0.1) is 12.0 Å². The van der Waals surface area contributed by atoms with Crippen molar-refractivity contribution in [2.24, 2.45) is 0 Å². The van der Waals surface area contributed by atoms with Crippen LogP contribution in [0.15, 0.2) is 24.3 Å². The predicted octanol–water partition coefficient (Wildman–Crippen LogP) is 1.04. The molecule has 0 aliphatic carbocycles. The second-order valence-corrected chi connectivity index (χ2v) is 4.80. The van der Waals surface area contributed by atoms with Crippen LogP contribution >= 0.6 is 0 Å². The second-order valence-electron chi connectivity index (χ2n) is 4.80. The lowest BCUT2D eigenvalue weighted by molar-refractivity contribution is -0.126. The third-order valence-electron chi connectivity index (χ3n) is 2.85. The first-order chi connectivity index (χ1) is 7.87. The summed E-state index contributed by atoms with van der Waals surface area (Å²) >= 11 is 0. The fraction of sp³-hybridized carbons (Fsp3) is 0.462. The van der Waals surface area contributed by atoms with Crippen LogP contribution in [0.5, 0.6) is 0 Å². The zero-order valence-electron chi connectivity index (χ0n) is 10.5. The molecule has 0 spiro atoms. The molecule has 0 aliphatic heterocycles. The van der Waals surface area contributed by atoms with Crippen LogP contribution in [-0.2, 0) is 10.2 Å². The molecule has 1 atom stereocenters. The number of carbonyl (C=O) groups is 1. The molecule has 0 unspecified atom stereocenters. The molecular formula is C13H20N2O2. The quantitative estimate of drug-likeness (QED) is 0.684. The molecule has 0 bridgehead atoms. The van der Waals surface area contributed by atoms with Crippen molar-refractivity contribution < 1.29 is 9.90 Å². The van der Waals surface area contributed by atoms with Crippen molar-refractivity contribution in [1.82, 2.24) is 5.32 Å². The van der Waals surface area contributed by atoms with Gasteiger partial charge in [-0.3, -0.25) is 4.79 Å². The summed E-state index contributed by atoms with van der Waals surface area (Å²) in [4.78, 5) is 12.1. The smallest absolute Gasteiger partial charge is 0.230 e. The Morgan fingerprint density at radius 1 is 1.41 bits per heavy atom. The average Bonchev–Trinajstić information content (AvgIpc) is 2.29. The Hall–Kier alpha value is -1.55. The van der Waals surface area contributed by atoms with Crippen LogP contribution in [0.3, 0.4) is 0 Å². The minimum absolute atomic E-state index is 0.0659. The summed E-state index contributed by atoms with van der Waals surface area (Å²) < 4.78 is 0. The van der Waals surface area contributed by atoms with Gasteiger partial charge in [-0.1, -0.05) is 12.1 Å². The van der Waals surface area contributed by atoms with E-state index in [-0.39, 0.29) is 18.6 Å². The topological polar surface area (TPSA) is 75.3 Å². The third kappa shape index (κ3) is 3.20. The van der Waals surface area contributed by atoms with E-state index in [9.17, 15) is 4.79 Å². The van der Waals surface area contributed by atoms with E-state index in [1.54, 1.807) is 19.1 Å². The van der Waals surface area contributed by atoms with E-state index in [1.165, 1.54) is 0 Å². The van der Waals surface area contributed by atoms with Crippen molar-refractivity contribution in [2.75, 3.05) is 12.3 Å². The van der Waals surface area contributed by atoms with Crippen LogP contribution in [0.25, 0.3) is 0 Å². The zero-order valence-corrected chi connectivity index (χ0v) is 10.5. The molecule has 0 aromatic heterocycles. The molecule has 1 rings (SSSR count). The summed E-state index contributed by atoms with van der Waals surface area (Å²) in [6, 6.07) is 7.01. The zero-order chi connectivity index (χ0) is 13.1. The Labute approximate surface area is 102 Å². The van der Waals surface area contributed by atoms with E-state index >= 15 is 0 Å². The monoisotopic (exact) mass is 236 g/mol. The number of nitrogens with one attached hydrogen (secondary N) is 1. The Bertz CT molecular complexity index is 385. The normalized spacial score (nSPS) is 13.2. The van der Waals surface area contributed by atoms with Crippen LogP contribution in [0.2, 0.25) is 0 Å². The lowest BCUT2D eigenvalue weighted by atomic mass is 9.83. The van der Waals surface area contributed by atoms with Gasteiger partial charge in [-0.2, -0.15) is 0 Å². The molecule has 4 heteroatoms. The number of nitrogens with two attached hydrogens (primary N) is 1. The molecule has 1 aromatic rings. The van der Waals surface area contributed by atoms with Gasteiger partial charge >= 0.3 is 0 Å². The fourth-order valence-corrected chi connectivity index (χ4v) is 1.48. The standard InChI is InChI=1S/C13H20N2O2/c1-9(8-16)15-12(17)13(2,3)10-4-6-11(14)7-5-10/h4-7,9,16H,8,14H2,1-3H3,(H,15,17)/t9-/m1/s1. The Balaban J connectivity index is 2.86. The maximum atomic E-state index is 12.1. The van der Waals surface area contributed by atoms with E-state index in [1.807, 2.05) is 26.0 Å². The molecule has 4 nitrogen and oxygen atoms in total. The number of amides is 1. The van der Waals surface area contributed by atoms with Crippen molar-refractivity contribution in [2.45, 2.75) is 32.2 Å². The number of anilines is 1. The summed E-state index contributed by atoms with van der Waals surface area (Å²) in [6.07, 6.45) is 0. The summed E-state index contributed by atoms with van der Waals surface area (Å²) in [5.74, 6) is -0.108. The van der Waals surface area contributed by atoms with Gasteiger partial charge in [-0.15, -0.1) is 0 Å². The first kappa shape index (κ1) is 13.5. The fourth-order valence-electron chi connectivity index (χ4n) is 1.48. The third-order valence-corrected chi connectivity index (χ3v) is 2.85. The van der Waals surface area contributed by atoms with Gasteiger partial charge in [0.2, 0.25) is 5.91 Å². The maximum absolute atomic E-state index is 12.1. The molecule has 0 aliphatic rings. The molecule has 4 N–H and O–H groups in total. The van der Waals surface area contributed by atoms with E-state index < -0.39 is 5.41 Å². The SMILES string of the molecule is C[C@H](CO)NC(=O)C(C)(C)c1ccc(N)cc1. The molecule has 0 heterocycles. The number of aliphatic hydroxyl groups excluding tert-OH is 1. The first-order valence-electron chi connectivity index (χ1n) is 5.65. The van der Waals surface area contributed by atoms with Crippen molar-refractivity contribution in [3.05, 3.63) is 29.8 Å². The first-order valence-corrected chi connectivity index (χ1v) is 5.65. The summed E-state index contributed by atoms with van der Waals surface area (Å²) in [7, 11) is 0. The molecule has 0 radical (unpaired) electrons. The van der Waals surface area contributed by atoms with Gasteiger partial charge in [-0.25, -0.2) is 0 Å². The van der Waals surface area contributed by atoms with E-state index in [0.29, 0.717) is 5.69 Å². The van der Waals surface area contributed by atoms with E-state index in [2.05, 4.69) is 5.32 Å². The second kappa shape index (κ2) is 5.19. The summed E-state index contributed by atoms with van der Waals surface area (Å²) in [5, 5.41) is 11.7. The Kier molecular flexibility index (Phi) is 4.12. The van der Waals surface area contributed by atoms with Crippen LogP contribution in [0.1, 0.15) is 26.3 Å². The van der Waals surface area contributed by atoms with Crippen LogP contribution in [0, 0.1) is 0 Å². The molecule has 17 heavy (non-hydrogen) atoms. The maximum Gasteiger partial charge on any atom is 0.230 e. The van der Waals surface area contributed by atoms with Gasteiger partial charge in [0.25, 0.3) is 0 Å². The minimum atomic E-state index is -0.642. The molecule has 1 amide bonds. The number of hydrogen-bond acceptors (Lipinski definition) is 3. The van der Waals surface area contributed by atoms with Gasteiger partial charge < -0.3 is 16.2 Å². The lowest BCUT2D eigenvalue weighted by Crippen LogP contribution is -2.45. The van der Waals surface area contributed by atoms with Crippen LogP contribution < -0.4 is 11.1 Å². The highest BCUT2D eigenvalue weighted by Gasteiger charge is 2.30. The lowest BCUT2D eigenvalue weighted by Gasteiger charge is -2.26. The van der Waals surface area contributed by atoms with Gasteiger partial charge in [-0.05, 0) is 38.5 Å². The molecule has 1 aromatic carbocycles. The van der Waals surface area contributed by atoms with Gasteiger partial charge in [0, 0.05) is 11.7 Å².